The maximum absolute atomic E-state index is 13.5. The van der Waals surface area contributed by atoms with Gasteiger partial charge in [0, 0.05) is 29.7 Å². The van der Waals surface area contributed by atoms with Crippen LogP contribution in [0.25, 0.3) is 0 Å². The summed E-state index contributed by atoms with van der Waals surface area (Å²) >= 11 is 0. The number of hydrogen-bond acceptors (Lipinski definition) is 8. The number of ketones is 1. The molecule has 202 valence electrons. The molecule has 4 fully saturated rings. The molecule has 1 spiro atoms. The van der Waals surface area contributed by atoms with E-state index in [1.165, 1.54) is 0 Å². The number of ether oxygens (including phenoxy) is 3. The number of aliphatic hydroxyl groups excluding tert-OH is 1. The summed E-state index contributed by atoms with van der Waals surface area (Å²) in [4.78, 5) is 37.8. The lowest BCUT2D eigenvalue weighted by Crippen LogP contribution is -2.55. The van der Waals surface area contributed by atoms with Crippen molar-refractivity contribution in [3.8, 4) is 0 Å². The average molecular weight is 515 g/mol. The second-order valence-electron chi connectivity index (χ2n) is 13.3. The van der Waals surface area contributed by atoms with Crippen molar-refractivity contribution in [2.75, 3.05) is 0 Å². The molecule has 10 atom stereocenters. The van der Waals surface area contributed by atoms with Crippen LogP contribution in [0.4, 0.5) is 0 Å². The van der Waals surface area contributed by atoms with Crippen LogP contribution >= 0.6 is 0 Å². The molecule has 2 saturated heterocycles. The summed E-state index contributed by atoms with van der Waals surface area (Å²) in [7, 11) is 0. The van der Waals surface area contributed by atoms with E-state index in [1.807, 2.05) is 20.8 Å². The van der Waals surface area contributed by atoms with Gasteiger partial charge in [-0.25, -0.2) is 4.79 Å². The first-order valence-electron chi connectivity index (χ1n) is 13.7. The monoisotopic (exact) mass is 514 g/mol. The second kappa shape index (κ2) is 7.76. The third-order valence-electron chi connectivity index (χ3n) is 10.8. The van der Waals surface area contributed by atoms with Gasteiger partial charge in [0.15, 0.2) is 5.78 Å². The van der Waals surface area contributed by atoms with E-state index in [2.05, 4.69) is 6.92 Å². The zero-order valence-electron chi connectivity index (χ0n) is 22.3. The van der Waals surface area contributed by atoms with E-state index < -0.39 is 52.2 Å². The van der Waals surface area contributed by atoms with Gasteiger partial charge >= 0.3 is 11.9 Å². The zero-order chi connectivity index (χ0) is 26.7. The van der Waals surface area contributed by atoms with Gasteiger partial charge in [-0.3, -0.25) is 9.59 Å². The van der Waals surface area contributed by atoms with E-state index in [0.717, 1.165) is 12.0 Å². The highest BCUT2D eigenvalue weighted by atomic mass is 16.6. The second-order valence-corrected chi connectivity index (χ2v) is 13.3. The minimum Gasteiger partial charge on any atom is -0.456 e. The molecule has 0 amide bonds. The third-order valence-corrected chi connectivity index (χ3v) is 10.8. The van der Waals surface area contributed by atoms with Crippen LogP contribution in [0.15, 0.2) is 23.3 Å². The molecule has 6 aliphatic rings. The Balaban J connectivity index is 1.31. The lowest BCUT2D eigenvalue weighted by Gasteiger charge is -2.52. The number of hydrogen-bond donors (Lipinski definition) is 2. The van der Waals surface area contributed by atoms with Crippen LogP contribution in [0.5, 0.6) is 0 Å². The predicted molar refractivity (Wildman–Crippen MR) is 131 cm³/mol. The number of esters is 2. The summed E-state index contributed by atoms with van der Waals surface area (Å²) < 4.78 is 17.7. The Labute approximate surface area is 217 Å². The number of allylic oxidation sites excluding steroid dienone is 1. The molecule has 2 saturated carbocycles. The molecule has 8 heteroatoms. The van der Waals surface area contributed by atoms with Crippen LogP contribution in [0.3, 0.4) is 0 Å². The molecule has 8 nitrogen and oxygen atoms in total. The van der Waals surface area contributed by atoms with E-state index in [-0.39, 0.29) is 36.1 Å². The zero-order valence-corrected chi connectivity index (χ0v) is 22.3. The molecule has 0 aromatic carbocycles. The van der Waals surface area contributed by atoms with Gasteiger partial charge < -0.3 is 24.4 Å². The molecule has 6 rings (SSSR count). The summed E-state index contributed by atoms with van der Waals surface area (Å²) in [5.74, 6) is -1.98. The van der Waals surface area contributed by atoms with Crippen molar-refractivity contribution < 1.29 is 38.8 Å². The van der Waals surface area contributed by atoms with Gasteiger partial charge in [-0.15, -0.1) is 0 Å². The predicted octanol–water partition coefficient (Wildman–Crippen LogP) is 2.79. The van der Waals surface area contributed by atoms with Crippen LogP contribution in [0.2, 0.25) is 0 Å². The molecule has 0 aromatic heterocycles. The first kappa shape index (κ1) is 25.3. The number of aliphatic hydroxyl groups is 2. The lowest BCUT2D eigenvalue weighted by atomic mass is 9.55. The number of cyclic esters (lactones) is 1. The van der Waals surface area contributed by atoms with Gasteiger partial charge in [0.2, 0.25) is 0 Å². The smallest absolute Gasteiger partial charge is 0.334 e. The normalized spacial score (nSPS) is 47.5. The topological polar surface area (TPSA) is 119 Å². The summed E-state index contributed by atoms with van der Waals surface area (Å²) in [6.45, 7) is 9.66. The lowest BCUT2D eigenvalue weighted by molar-refractivity contribution is -0.163. The SMILES string of the molecule is CC1=C[C@@H]([C@@H](O)[C@@H](C)[C@@H]2C(=O)C=C3[C@@H]4CC[C@H]5C(C)(C)O[C@@H]6CC(=O)O[C@@]65C[C@@]4(O)CC[C@@]32C)OC1=O. The summed E-state index contributed by atoms with van der Waals surface area (Å²) in [6.07, 6.45) is 4.13. The van der Waals surface area contributed by atoms with Crippen LogP contribution < -0.4 is 0 Å². The fourth-order valence-electron chi connectivity index (χ4n) is 9.14. The van der Waals surface area contributed by atoms with Gasteiger partial charge in [-0.1, -0.05) is 19.4 Å². The van der Waals surface area contributed by atoms with Gasteiger partial charge in [0.1, 0.15) is 17.8 Å². The van der Waals surface area contributed by atoms with Crippen molar-refractivity contribution in [2.45, 2.75) is 108 Å². The summed E-state index contributed by atoms with van der Waals surface area (Å²) in [5, 5.41) is 23.4. The quantitative estimate of drug-likeness (QED) is 0.552. The Morgan fingerprint density at radius 3 is 2.51 bits per heavy atom. The molecular formula is C29H38O8. The van der Waals surface area contributed by atoms with Crippen molar-refractivity contribution in [3.05, 3.63) is 23.3 Å². The van der Waals surface area contributed by atoms with Crippen LogP contribution in [0, 0.1) is 29.1 Å². The van der Waals surface area contributed by atoms with E-state index in [1.54, 1.807) is 19.1 Å². The Morgan fingerprint density at radius 1 is 1.11 bits per heavy atom. The average Bonchev–Trinajstić information content (AvgIpc) is 3.40. The molecule has 0 radical (unpaired) electrons. The molecule has 2 N–H and O–H groups in total. The summed E-state index contributed by atoms with van der Waals surface area (Å²) in [6, 6.07) is 0. The maximum atomic E-state index is 13.5. The molecular weight excluding hydrogens is 476 g/mol. The fourth-order valence-corrected chi connectivity index (χ4v) is 9.14. The van der Waals surface area contributed by atoms with Gasteiger partial charge in [0.05, 0.1) is 23.7 Å². The molecule has 37 heavy (non-hydrogen) atoms. The highest BCUT2D eigenvalue weighted by Crippen LogP contribution is 2.65. The highest BCUT2D eigenvalue weighted by Gasteiger charge is 2.71. The minimum absolute atomic E-state index is 0.0429. The van der Waals surface area contributed by atoms with Gasteiger partial charge in [-0.2, -0.15) is 0 Å². The first-order chi connectivity index (χ1) is 17.2. The van der Waals surface area contributed by atoms with Crippen molar-refractivity contribution >= 4 is 17.7 Å². The van der Waals surface area contributed by atoms with Crippen LogP contribution in [0.1, 0.15) is 73.1 Å². The van der Waals surface area contributed by atoms with E-state index in [0.29, 0.717) is 31.3 Å². The van der Waals surface area contributed by atoms with E-state index in [9.17, 15) is 24.6 Å². The Hall–Kier alpha value is -2.03. The number of rotatable bonds is 3. The Bertz CT molecular complexity index is 1140. The standard InChI is InChI=1S/C29H38O8/c1-14-10-19(35-25(14)33)24(32)15(2)23-18(30)11-17-16-6-7-20-26(3,4)36-21-12-22(31)37-29(20,21)13-28(16,34)9-8-27(17,23)5/h10-11,15-16,19-21,23-24,32,34H,6-9,12-13H2,1-5H3/t15-,16-,19-,20-,21+,23+,24-,27-,28-,29+/m0/s1. The van der Waals surface area contributed by atoms with Crippen molar-refractivity contribution in [2.24, 2.45) is 29.1 Å². The van der Waals surface area contributed by atoms with Gasteiger partial charge in [-0.05, 0) is 69.9 Å². The third kappa shape index (κ3) is 3.34. The summed E-state index contributed by atoms with van der Waals surface area (Å²) in [5.41, 5.74) is -1.57. The molecule has 0 bridgehead atoms. The van der Waals surface area contributed by atoms with E-state index >= 15 is 0 Å². The largest absolute Gasteiger partial charge is 0.456 e. The minimum atomic E-state index is -1.12. The molecule has 0 aromatic rings. The number of carbonyl (C=O) groups excluding carboxylic acids is 3. The Kier molecular flexibility index (Phi) is 5.30. The van der Waals surface area contributed by atoms with Gasteiger partial charge in [0.25, 0.3) is 0 Å². The number of carbonyl (C=O) groups is 3. The van der Waals surface area contributed by atoms with Crippen LogP contribution in [-0.4, -0.2) is 63.0 Å². The molecule has 0 unspecified atom stereocenters. The van der Waals surface area contributed by atoms with Crippen LogP contribution in [-0.2, 0) is 28.6 Å². The molecule has 3 heterocycles. The maximum Gasteiger partial charge on any atom is 0.334 e. The highest BCUT2D eigenvalue weighted by molar-refractivity contribution is 5.97. The van der Waals surface area contributed by atoms with E-state index in [4.69, 9.17) is 14.2 Å². The van der Waals surface area contributed by atoms with Crippen molar-refractivity contribution in [1.29, 1.82) is 0 Å². The number of fused-ring (bicyclic) bond motifs is 3. The Morgan fingerprint density at radius 2 is 1.84 bits per heavy atom. The molecule has 3 aliphatic carbocycles. The van der Waals surface area contributed by atoms with Crippen molar-refractivity contribution in [1.82, 2.24) is 0 Å². The first-order valence-corrected chi connectivity index (χ1v) is 13.7. The fraction of sp³-hybridized carbons (Fsp3) is 0.759. The van der Waals surface area contributed by atoms with Crippen molar-refractivity contribution in [3.63, 3.8) is 0 Å². The molecule has 3 aliphatic heterocycles.